The smallest absolute Gasteiger partial charge is 0.230 e. The summed E-state index contributed by atoms with van der Waals surface area (Å²) in [5.74, 6) is 2.13. The molecule has 2 aliphatic rings. The number of thioether (sulfide) groups is 1. The van der Waals surface area contributed by atoms with E-state index in [1.165, 1.54) is 35.7 Å². The molecule has 1 atom stereocenters. The molecule has 1 fully saturated rings. The first-order valence-electron chi connectivity index (χ1n) is 9.19. The molecule has 0 unspecified atom stereocenters. The number of carbonyl (C=O) groups excluding carboxylic acids is 1. The Bertz CT molecular complexity index is 769. The monoisotopic (exact) mass is 356 g/mol. The van der Waals surface area contributed by atoms with Gasteiger partial charge in [-0.25, -0.2) is 0 Å². The van der Waals surface area contributed by atoms with E-state index in [1.54, 1.807) is 0 Å². The van der Waals surface area contributed by atoms with Gasteiger partial charge in [0.1, 0.15) is 5.82 Å². The van der Waals surface area contributed by atoms with E-state index in [1.807, 2.05) is 0 Å². The molecule has 2 aliphatic carbocycles. The number of benzene rings is 1. The summed E-state index contributed by atoms with van der Waals surface area (Å²) in [7, 11) is 0. The van der Waals surface area contributed by atoms with Crippen LogP contribution in [0.2, 0.25) is 0 Å². The predicted octanol–water partition coefficient (Wildman–Crippen LogP) is 3.46. The van der Waals surface area contributed by atoms with E-state index in [0.717, 1.165) is 36.8 Å². The quantitative estimate of drug-likeness (QED) is 0.805. The summed E-state index contributed by atoms with van der Waals surface area (Å²) in [6.45, 7) is 2.97. The minimum atomic E-state index is 0.0744. The van der Waals surface area contributed by atoms with E-state index in [4.69, 9.17) is 0 Å². The third-order valence-corrected chi connectivity index (χ3v) is 6.01. The molecule has 0 radical (unpaired) electrons. The maximum Gasteiger partial charge on any atom is 0.230 e. The molecule has 2 aromatic rings. The average Bonchev–Trinajstić information content (AvgIpc) is 3.40. The van der Waals surface area contributed by atoms with Gasteiger partial charge in [-0.2, -0.15) is 0 Å². The lowest BCUT2D eigenvalue weighted by atomic mass is 9.88. The number of hydrogen-bond acceptors (Lipinski definition) is 4. The van der Waals surface area contributed by atoms with Gasteiger partial charge in [-0.3, -0.25) is 4.79 Å². The average molecular weight is 356 g/mol. The minimum absolute atomic E-state index is 0.0744. The number of fused-ring (bicyclic) bond motifs is 1. The third kappa shape index (κ3) is 3.59. The molecule has 0 saturated heterocycles. The van der Waals surface area contributed by atoms with Crippen LogP contribution in [0.15, 0.2) is 29.4 Å². The third-order valence-electron chi connectivity index (χ3n) is 5.04. The largest absolute Gasteiger partial charge is 0.349 e. The fourth-order valence-electron chi connectivity index (χ4n) is 3.62. The molecule has 1 aromatic carbocycles. The summed E-state index contributed by atoms with van der Waals surface area (Å²) in [4.78, 5) is 12.5. The molecule has 1 heterocycles. The molecule has 1 aromatic heterocycles. The lowest BCUT2D eigenvalue weighted by Crippen LogP contribution is -2.32. The summed E-state index contributed by atoms with van der Waals surface area (Å²) in [5.41, 5.74) is 2.64. The Morgan fingerprint density at radius 3 is 2.92 bits per heavy atom. The van der Waals surface area contributed by atoms with Crippen LogP contribution in [0.25, 0.3) is 0 Å². The van der Waals surface area contributed by atoms with E-state index in [2.05, 4.69) is 51.3 Å². The van der Waals surface area contributed by atoms with Gasteiger partial charge in [-0.15, -0.1) is 10.2 Å². The number of carbonyl (C=O) groups is 1. The van der Waals surface area contributed by atoms with E-state index in [0.29, 0.717) is 11.7 Å². The van der Waals surface area contributed by atoms with Crippen LogP contribution in [0.4, 0.5) is 0 Å². The van der Waals surface area contributed by atoms with E-state index in [9.17, 15) is 4.79 Å². The summed E-state index contributed by atoms with van der Waals surface area (Å²) in [6, 6.07) is 8.59. The van der Waals surface area contributed by atoms with Gasteiger partial charge < -0.3 is 9.88 Å². The number of nitrogens with zero attached hydrogens (tertiary/aromatic N) is 3. The highest BCUT2D eigenvalue weighted by molar-refractivity contribution is 7.99. The number of amides is 1. The Kier molecular flexibility index (Phi) is 4.79. The molecule has 1 N–H and O–H groups in total. The van der Waals surface area contributed by atoms with Gasteiger partial charge >= 0.3 is 0 Å². The van der Waals surface area contributed by atoms with Crippen LogP contribution >= 0.6 is 11.8 Å². The lowest BCUT2D eigenvalue weighted by molar-refractivity contribution is -0.119. The normalized spacial score (nSPS) is 19.5. The second-order valence-electron chi connectivity index (χ2n) is 6.86. The first kappa shape index (κ1) is 16.6. The zero-order chi connectivity index (χ0) is 17.2. The molecular formula is C19H24N4OS. The molecule has 0 spiro atoms. The van der Waals surface area contributed by atoms with Crippen molar-refractivity contribution in [3.63, 3.8) is 0 Å². The first-order valence-corrected chi connectivity index (χ1v) is 10.2. The Morgan fingerprint density at radius 2 is 2.12 bits per heavy atom. The SMILES string of the molecule is CCn1c(SCC(=O)N[C@@H]2CCCc3ccccc32)nnc1C1CC1. The van der Waals surface area contributed by atoms with Crippen LogP contribution in [0.5, 0.6) is 0 Å². The summed E-state index contributed by atoms with van der Waals surface area (Å²) in [5, 5.41) is 12.7. The van der Waals surface area contributed by atoms with E-state index in [-0.39, 0.29) is 11.9 Å². The van der Waals surface area contributed by atoms with Crippen LogP contribution < -0.4 is 5.32 Å². The summed E-state index contributed by atoms with van der Waals surface area (Å²) in [6.07, 6.45) is 5.68. The van der Waals surface area contributed by atoms with Gasteiger partial charge in [0, 0.05) is 12.5 Å². The number of rotatable bonds is 6. The van der Waals surface area contributed by atoms with Crippen molar-refractivity contribution in [1.29, 1.82) is 0 Å². The van der Waals surface area contributed by atoms with Gasteiger partial charge in [-0.05, 0) is 50.2 Å². The standard InChI is InChI=1S/C19H24N4OS/c1-2-23-18(14-10-11-14)21-22-19(23)25-12-17(24)20-16-9-5-7-13-6-3-4-8-15(13)16/h3-4,6,8,14,16H,2,5,7,9-12H2,1H3,(H,20,24)/t16-/m1/s1. The first-order chi connectivity index (χ1) is 12.3. The van der Waals surface area contributed by atoms with Crippen molar-refractivity contribution in [2.45, 2.75) is 62.7 Å². The van der Waals surface area contributed by atoms with E-state index >= 15 is 0 Å². The second kappa shape index (κ2) is 7.20. The minimum Gasteiger partial charge on any atom is -0.349 e. The van der Waals surface area contributed by atoms with Gasteiger partial charge in [-0.1, -0.05) is 36.0 Å². The van der Waals surface area contributed by atoms with Crippen molar-refractivity contribution in [3.05, 3.63) is 41.2 Å². The van der Waals surface area contributed by atoms with Crippen molar-refractivity contribution in [2.24, 2.45) is 0 Å². The predicted molar refractivity (Wildman–Crippen MR) is 98.7 cm³/mol. The number of nitrogens with one attached hydrogen (secondary N) is 1. The van der Waals surface area contributed by atoms with Crippen LogP contribution in [0.1, 0.15) is 61.5 Å². The Hall–Kier alpha value is -1.82. The summed E-state index contributed by atoms with van der Waals surface area (Å²) < 4.78 is 2.16. The molecule has 4 rings (SSSR count). The molecule has 1 amide bonds. The lowest BCUT2D eigenvalue weighted by Gasteiger charge is -2.26. The second-order valence-corrected chi connectivity index (χ2v) is 7.80. The Labute approximate surface area is 152 Å². The number of aryl methyl sites for hydroxylation is 1. The highest BCUT2D eigenvalue weighted by Gasteiger charge is 2.30. The Morgan fingerprint density at radius 1 is 1.28 bits per heavy atom. The topological polar surface area (TPSA) is 59.8 Å². The summed E-state index contributed by atoms with van der Waals surface area (Å²) >= 11 is 1.49. The number of aromatic nitrogens is 3. The molecule has 5 nitrogen and oxygen atoms in total. The van der Waals surface area contributed by atoms with Crippen LogP contribution in [0, 0.1) is 0 Å². The molecule has 0 bridgehead atoms. The zero-order valence-electron chi connectivity index (χ0n) is 14.6. The maximum atomic E-state index is 12.5. The molecular weight excluding hydrogens is 332 g/mol. The molecule has 25 heavy (non-hydrogen) atoms. The van der Waals surface area contributed by atoms with Gasteiger partial charge in [0.25, 0.3) is 0 Å². The van der Waals surface area contributed by atoms with Crippen molar-refractivity contribution in [2.75, 3.05) is 5.75 Å². The highest BCUT2D eigenvalue weighted by atomic mass is 32.2. The molecule has 1 saturated carbocycles. The highest BCUT2D eigenvalue weighted by Crippen LogP contribution is 2.40. The van der Waals surface area contributed by atoms with Crippen molar-refractivity contribution < 1.29 is 4.79 Å². The van der Waals surface area contributed by atoms with Crippen LogP contribution in [-0.2, 0) is 17.8 Å². The van der Waals surface area contributed by atoms with Gasteiger partial charge in [0.05, 0.1) is 11.8 Å². The Balaban J connectivity index is 1.37. The fraction of sp³-hybridized carbons (Fsp3) is 0.526. The van der Waals surface area contributed by atoms with Crippen molar-refractivity contribution in [3.8, 4) is 0 Å². The van der Waals surface area contributed by atoms with Gasteiger partial charge in [0.15, 0.2) is 5.16 Å². The zero-order valence-corrected chi connectivity index (χ0v) is 15.4. The van der Waals surface area contributed by atoms with Crippen molar-refractivity contribution in [1.82, 2.24) is 20.1 Å². The van der Waals surface area contributed by atoms with Crippen molar-refractivity contribution >= 4 is 17.7 Å². The van der Waals surface area contributed by atoms with Crippen LogP contribution in [-0.4, -0.2) is 26.4 Å². The van der Waals surface area contributed by atoms with E-state index < -0.39 is 0 Å². The fourth-order valence-corrected chi connectivity index (χ4v) is 4.44. The molecule has 6 heteroatoms. The maximum absolute atomic E-state index is 12.5. The molecule has 0 aliphatic heterocycles. The van der Waals surface area contributed by atoms with Gasteiger partial charge in [0.2, 0.25) is 5.91 Å². The molecule has 132 valence electrons. The van der Waals surface area contributed by atoms with Crippen LogP contribution in [0.3, 0.4) is 0 Å². The number of hydrogen-bond donors (Lipinski definition) is 1.